The first kappa shape index (κ1) is 13.8. The lowest BCUT2D eigenvalue weighted by molar-refractivity contribution is -0.128. The van der Waals surface area contributed by atoms with E-state index in [1.165, 1.54) is 0 Å². The van der Waals surface area contributed by atoms with Crippen molar-refractivity contribution < 1.29 is 14.3 Å². The molecular formula is C16H18N2O3S. The van der Waals surface area contributed by atoms with Gasteiger partial charge in [-0.25, -0.2) is 0 Å². The largest absolute Gasteiger partial charge is 0.493 e. The molecule has 5 nitrogen and oxygen atoms in total. The minimum atomic E-state index is -0.154. The highest BCUT2D eigenvalue weighted by atomic mass is 32.1. The Kier molecular flexibility index (Phi) is 3.04. The number of amides is 1. The molecule has 1 saturated heterocycles. The molecule has 1 atom stereocenters. The summed E-state index contributed by atoms with van der Waals surface area (Å²) < 4.78 is 10.7. The third-order valence-electron chi connectivity index (χ3n) is 4.72. The molecule has 6 heteroatoms. The quantitative estimate of drug-likeness (QED) is 0.794. The van der Waals surface area contributed by atoms with E-state index >= 15 is 0 Å². The average Bonchev–Trinajstić information content (AvgIpc) is 3.33. The molecule has 0 N–H and O–H groups in total. The highest BCUT2D eigenvalue weighted by Crippen LogP contribution is 2.39. The van der Waals surface area contributed by atoms with Gasteiger partial charge < -0.3 is 14.4 Å². The fourth-order valence-electron chi connectivity index (χ4n) is 3.40. The Balaban J connectivity index is 1.70. The number of carbonyl (C=O) groups is 1. The smallest absolute Gasteiger partial charge is 0.252 e. The molecule has 2 heterocycles. The molecule has 1 aromatic rings. The second kappa shape index (κ2) is 4.84. The Labute approximate surface area is 134 Å². The van der Waals surface area contributed by atoms with Crippen LogP contribution in [0.4, 0.5) is 0 Å². The summed E-state index contributed by atoms with van der Waals surface area (Å²) in [6, 6.07) is 4.16. The number of hydrogen-bond donors (Lipinski definition) is 0. The number of fused-ring (bicyclic) bond motifs is 2. The van der Waals surface area contributed by atoms with Crippen molar-refractivity contribution in [3.05, 3.63) is 23.3 Å². The molecule has 22 heavy (non-hydrogen) atoms. The lowest BCUT2D eigenvalue weighted by atomic mass is 9.94. The maximum atomic E-state index is 12.7. The number of thiocarbonyl (C=S) groups is 1. The zero-order chi connectivity index (χ0) is 15.4. The molecular weight excluding hydrogens is 300 g/mol. The normalized spacial score (nSPS) is 23.5. The maximum absolute atomic E-state index is 12.7. The number of ether oxygens (including phenoxy) is 2. The van der Waals surface area contributed by atoms with Gasteiger partial charge in [0.2, 0.25) is 0 Å². The van der Waals surface area contributed by atoms with Crippen LogP contribution in [0.1, 0.15) is 24.0 Å². The lowest BCUT2D eigenvalue weighted by Crippen LogP contribution is -2.40. The zero-order valence-corrected chi connectivity index (χ0v) is 13.5. The summed E-state index contributed by atoms with van der Waals surface area (Å²) in [6.07, 6.45) is 2.82. The van der Waals surface area contributed by atoms with Gasteiger partial charge in [-0.15, -0.1) is 0 Å². The van der Waals surface area contributed by atoms with Gasteiger partial charge in [-0.1, -0.05) is 0 Å². The van der Waals surface area contributed by atoms with Crippen molar-refractivity contribution in [3.63, 3.8) is 0 Å². The Bertz CT molecular complexity index is 621. The van der Waals surface area contributed by atoms with Crippen molar-refractivity contribution in [1.29, 1.82) is 0 Å². The van der Waals surface area contributed by atoms with E-state index in [1.54, 1.807) is 14.2 Å². The van der Waals surface area contributed by atoms with Crippen LogP contribution in [0.5, 0.6) is 11.5 Å². The number of rotatable bonds is 3. The van der Waals surface area contributed by atoms with Gasteiger partial charge in [0, 0.05) is 19.0 Å². The van der Waals surface area contributed by atoms with Gasteiger partial charge in [0.25, 0.3) is 5.91 Å². The minimum Gasteiger partial charge on any atom is -0.493 e. The lowest BCUT2D eigenvalue weighted by Gasteiger charge is -2.31. The van der Waals surface area contributed by atoms with Crippen molar-refractivity contribution in [3.8, 4) is 11.5 Å². The van der Waals surface area contributed by atoms with Crippen LogP contribution in [0.15, 0.2) is 12.1 Å². The van der Waals surface area contributed by atoms with E-state index in [-0.39, 0.29) is 11.9 Å². The molecule has 0 aromatic heterocycles. The van der Waals surface area contributed by atoms with E-state index in [2.05, 4.69) is 4.90 Å². The molecule has 4 rings (SSSR count). The third-order valence-corrected chi connectivity index (χ3v) is 5.15. The molecule has 1 amide bonds. The van der Waals surface area contributed by atoms with Crippen LogP contribution in [0, 0.1) is 0 Å². The molecule has 2 aliphatic heterocycles. The van der Waals surface area contributed by atoms with Gasteiger partial charge in [0.1, 0.15) is 6.04 Å². The van der Waals surface area contributed by atoms with Gasteiger partial charge >= 0.3 is 0 Å². The molecule has 2 fully saturated rings. The van der Waals surface area contributed by atoms with Crippen LogP contribution in [0.3, 0.4) is 0 Å². The SMILES string of the molecule is COc1cc2c(cc1OC)CN1C(=S)N(C3CC3)C(=O)C1C2. The molecule has 1 saturated carbocycles. The first-order valence-electron chi connectivity index (χ1n) is 7.51. The average molecular weight is 318 g/mol. The van der Waals surface area contributed by atoms with Crippen LogP contribution < -0.4 is 9.47 Å². The van der Waals surface area contributed by atoms with Crippen molar-refractivity contribution in [2.45, 2.75) is 37.9 Å². The molecule has 116 valence electrons. The Hall–Kier alpha value is -1.82. The third kappa shape index (κ3) is 1.90. The molecule has 0 bridgehead atoms. The summed E-state index contributed by atoms with van der Waals surface area (Å²) in [7, 11) is 3.26. The summed E-state index contributed by atoms with van der Waals surface area (Å²) in [5, 5.41) is 0.693. The standard InChI is InChI=1S/C16H18N2O3S/c1-20-13-6-9-5-12-15(19)18(11-3-4-11)16(22)17(12)8-10(9)7-14(13)21-2/h6-7,11-12H,3-5,8H2,1-2H3. The van der Waals surface area contributed by atoms with E-state index in [4.69, 9.17) is 21.7 Å². The van der Waals surface area contributed by atoms with E-state index in [1.807, 2.05) is 17.0 Å². The van der Waals surface area contributed by atoms with E-state index in [9.17, 15) is 4.79 Å². The molecule has 0 radical (unpaired) electrons. The summed E-state index contributed by atoms with van der Waals surface area (Å²) >= 11 is 5.55. The van der Waals surface area contributed by atoms with E-state index in [0.29, 0.717) is 29.9 Å². The summed E-state index contributed by atoms with van der Waals surface area (Å²) in [5.74, 6) is 1.59. The van der Waals surface area contributed by atoms with Gasteiger partial charge in [0.05, 0.1) is 14.2 Å². The van der Waals surface area contributed by atoms with Crippen molar-refractivity contribution in [2.75, 3.05) is 14.2 Å². The van der Waals surface area contributed by atoms with Crippen molar-refractivity contribution in [1.82, 2.24) is 9.80 Å². The highest BCUT2D eigenvalue weighted by Gasteiger charge is 2.49. The minimum absolute atomic E-state index is 0.154. The van der Waals surface area contributed by atoms with Crippen molar-refractivity contribution >= 4 is 23.2 Å². The monoisotopic (exact) mass is 318 g/mol. The van der Waals surface area contributed by atoms with Gasteiger partial charge in [-0.3, -0.25) is 9.69 Å². The van der Waals surface area contributed by atoms with Crippen LogP contribution >= 0.6 is 12.2 Å². The highest BCUT2D eigenvalue weighted by molar-refractivity contribution is 7.80. The van der Waals surface area contributed by atoms with Crippen LogP contribution in [0.2, 0.25) is 0 Å². The van der Waals surface area contributed by atoms with E-state index in [0.717, 1.165) is 29.7 Å². The maximum Gasteiger partial charge on any atom is 0.252 e. The van der Waals surface area contributed by atoms with Gasteiger partial charge in [-0.05, 0) is 48.3 Å². The number of nitrogens with zero attached hydrogens (tertiary/aromatic N) is 2. The first-order chi connectivity index (χ1) is 10.6. The molecule has 3 aliphatic rings. The fourth-order valence-corrected chi connectivity index (χ4v) is 3.83. The zero-order valence-electron chi connectivity index (χ0n) is 12.7. The van der Waals surface area contributed by atoms with Crippen LogP contribution in [-0.2, 0) is 17.8 Å². The predicted octanol–water partition coefficient (Wildman–Crippen LogP) is 1.72. The van der Waals surface area contributed by atoms with Crippen LogP contribution in [-0.4, -0.2) is 47.1 Å². The van der Waals surface area contributed by atoms with Crippen molar-refractivity contribution in [2.24, 2.45) is 0 Å². The number of carbonyl (C=O) groups excluding carboxylic acids is 1. The topological polar surface area (TPSA) is 42.0 Å². The summed E-state index contributed by atoms with van der Waals surface area (Å²) in [4.78, 5) is 16.6. The second-order valence-corrected chi connectivity index (χ2v) is 6.41. The number of benzene rings is 1. The molecule has 1 aliphatic carbocycles. The number of hydrogen-bond acceptors (Lipinski definition) is 4. The Morgan fingerprint density at radius 1 is 1.14 bits per heavy atom. The van der Waals surface area contributed by atoms with Gasteiger partial charge in [-0.2, -0.15) is 0 Å². The van der Waals surface area contributed by atoms with E-state index < -0.39 is 0 Å². The summed E-state index contributed by atoms with van der Waals surface area (Å²) in [6.45, 7) is 0.661. The van der Waals surface area contributed by atoms with Gasteiger partial charge in [0.15, 0.2) is 16.6 Å². The predicted molar refractivity (Wildman–Crippen MR) is 85.0 cm³/mol. The molecule has 0 spiro atoms. The molecule has 1 aromatic carbocycles. The fraction of sp³-hybridized carbons (Fsp3) is 0.500. The number of methoxy groups -OCH3 is 2. The Morgan fingerprint density at radius 2 is 1.77 bits per heavy atom. The molecule has 1 unspecified atom stereocenters. The van der Waals surface area contributed by atoms with Crippen LogP contribution in [0.25, 0.3) is 0 Å². The first-order valence-corrected chi connectivity index (χ1v) is 7.92. The second-order valence-electron chi connectivity index (χ2n) is 6.05. The Morgan fingerprint density at radius 3 is 2.36 bits per heavy atom. The summed E-state index contributed by atoms with van der Waals surface area (Å²) in [5.41, 5.74) is 2.30.